The average molecular weight is 279 g/mol. The van der Waals surface area contributed by atoms with Crippen LogP contribution in [0.1, 0.15) is 11.3 Å². The van der Waals surface area contributed by atoms with Crippen LogP contribution in [0.4, 0.5) is 5.95 Å². The summed E-state index contributed by atoms with van der Waals surface area (Å²) in [5.41, 5.74) is 3.63. The van der Waals surface area contributed by atoms with Crippen molar-refractivity contribution in [1.82, 2.24) is 15.2 Å². The van der Waals surface area contributed by atoms with Crippen LogP contribution in [0.2, 0.25) is 0 Å². The maximum Gasteiger partial charge on any atom is 0.274 e. The molecule has 6 heteroatoms. The smallest absolute Gasteiger partial charge is 0.274 e. The molecule has 3 aromatic rings. The Morgan fingerprint density at radius 2 is 1.95 bits per heavy atom. The minimum atomic E-state index is -0.284. The molecule has 0 spiro atoms. The Hall–Kier alpha value is -3.02. The van der Waals surface area contributed by atoms with Crippen molar-refractivity contribution in [2.75, 3.05) is 5.43 Å². The molecule has 0 bridgehead atoms. The van der Waals surface area contributed by atoms with Gasteiger partial charge in [-0.25, -0.2) is 5.43 Å². The second-order valence-electron chi connectivity index (χ2n) is 4.56. The van der Waals surface area contributed by atoms with E-state index in [4.69, 9.17) is 0 Å². The van der Waals surface area contributed by atoms with Crippen molar-refractivity contribution < 1.29 is 0 Å². The Bertz CT molecular complexity index is 869. The van der Waals surface area contributed by atoms with Gasteiger partial charge in [0.15, 0.2) is 0 Å². The minimum Gasteiger partial charge on any atom is -0.288 e. The second-order valence-corrected chi connectivity index (χ2v) is 4.56. The van der Waals surface area contributed by atoms with E-state index in [9.17, 15) is 4.79 Å². The molecule has 0 aliphatic rings. The van der Waals surface area contributed by atoms with Crippen molar-refractivity contribution in [3.63, 3.8) is 0 Å². The molecule has 0 unspecified atom stereocenters. The van der Waals surface area contributed by atoms with Gasteiger partial charge in [0.1, 0.15) is 5.69 Å². The predicted octanol–water partition coefficient (Wildman–Crippen LogP) is 2.07. The van der Waals surface area contributed by atoms with Gasteiger partial charge in [-0.3, -0.25) is 9.78 Å². The summed E-state index contributed by atoms with van der Waals surface area (Å²) in [6.45, 7) is 1.59. The molecular weight excluding hydrogens is 266 g/mol. The summed E-state index contributed by atoms with van der Waals surface area (Å²) in [5, 5.41) is 13.9. The van der Waals surface area contributed by atoms with E-state index in [0.29, 0.717) is 5.69 Å². The van der Waals surface area contributed by atoms with E-state index in [2.05, 4.69) is 31.8 Å². The highest BCUT2D eigenvalue weighted by molar-refractivity contribution is 5.90. The first-order valence-corrected chi connectivity index (χ1v) is 6.44. The zero-order valence-electron chi connectivity index (χ0n) is 11.4. The molecule has 0 saturated heterocycles. The summed E-state index contributed by atoms with van der Waals surface area (Å²) >= 11 is 0. The number of hydrazone groups is 1. The summed E-state index contributed by atoms with van der Waals surface area (Å²) in [6.07, 6.45) is 1.66. The van der Waals surface area contributed by atoms with E-state index in [1.165, 1.54) is 5.39 Å². The Labute approximate surface area is 120 Å². The summed E-state index contributed by atoms with van der Waals surface area (Å²) in [4.78, 5) is 13.9. The molecule has 0 atom stereocenters. The lowest BCUT2D eigenvalue weighted by Gasteiger charge is -2.00. The Balaban J connectivity index is 1.78. The summed E-state index contributed by atoms with van der Waals surface area (Å²) in [6, 6.07) is 14.1. The molecule has 2 aromatic carbocycles. The first-order chi connectivity index (χ1) is 10.2. The van der Waals surface area contributed by atoms with Gasteiger partial charge in [0, 0.05) is 0 Å². The van der Waals surface area contributed by atoms with Crippen LogP contribution in [0.5, 0.6) is 0 Å². The summed E-state index contributed by atoms with van der Waals surface area (Å²) < 4.78 is 0. The molecule has 0 aliphatic heterocycles. The van der Waals surface area contributed by atoms with Crippen molar-refractivity contribution in [3.05, 3.63) is 64.1 Å². The molecule has 21 heavy (non-hydrogen) atoms. The highest BCUT2D eigenvalue weighted by Gasteiger charge is 1.98. The lowest BCUT2D eigenvalue weighted by Crippen LogP contribution is -2.15. The van der Waals surface area contributed by atoms with Gasteiger partial charge >= 0.3 is 0 Å². The van der Waals surface area contributed by atoms with E-state index in [1.807, 2.05) is 36.4 Å². The quantitative estimate of drug-likeness (QED) is 0.568. The Kier molecular flexibility index (Phi) is 3.42. The van der Waals surface area contributed by atoms with E-state index >= 15 is 0 Å². The van der Waals surface area contributed by atoms with Crippen molar-refractivity contribution in [2.24, 2.45) is 5.10 Å². The molecule has 1 heterocycles. The van der Waals surface area contributed by atoms with Crippen molar-refractivity contribution >= 4 is 22.9 Å². The van der Waals surface area contributed by atoms with Crippen LogP contribution in [-0.2, 0) is 0 Å². The molecule has 6 nitrogen and oxygen atoms in total. The second kappa shape index (κ2) is 5.54. The van der Waals surface area contributed by atoms with Crippen LogP contribution in [0, 0.1) is 6.92 Å². The van der Waals surface area contributed by atoms with Crippen molar-refractivity contribution in [3.8, 4) is 0 Å². The number of hydrogen-bond acceptors (Lipinski definition) is 5. The normalized spacial score (nSPS) is 11.1. The Morgan fingerprint density at radius 1 is 1.14 bits per heavy atom. The maximum atomic E-state index is 11.4. The van der Waals surface area contributed by atoms with E-state index < -0.39 is 0 Å². The number of benzene rings is 2. The molecule has 2 N–H and O–H groups in total. The molecule has 104 valence electrons. The fourth-order valence-corrected chi connectivity index (χ4v) is 1.90. The van der Waals surface area contributed by atoms with Crippen LogP contribution in [0.3, 0.4) is 0 Å². The van der Waals surface area contributed by atoms with Gasteiger partial charge in [-0.1, -0.05) is 36.4 Å². The van der Waals surface area contributed by atoms with Gasteiger partial charge in [0.2, 0.25) is 5.95 Å². The zero-order chi connectivity index (χ0) is 14.7. The van der Waals surface area contributed by atoms with E-state index in [1.54, 1.807) is 13.1 Å². The number of H-pyrrole nitrogens is 1. The van der Waals surface area contributed by atoms with Crippen LogP contribution in [0.25, 0.3) is 10.8 Å². The minimum absolute atomic E-state index is 0.211. The van der Waals surface area contributed by atoms with Crippen molar-refractivity contribution in [2.45, 2.75) is 6.92 Å². The van der Waals surface area contributed by atoms with E-state index in [-0.39, 0.29) is 11.5 Å². The molecule has 0 aliphatic carbocycles. The number of nitrogens with zero attached hydrogens (tertiary/aromatic N) is 3. The summed E-state index contributed by atoms with van der Waals surface area (Å²) in [5.74, 6) is 0.211. The molecular formula is C15H13N5O. The topological polar surface area (TPSA) is 83.0 Å². The first-order valence-electron chi connectivity index (χ1n) is 6.44. The molecule has 0 saturated carbocycles. The lowest BCUT2D eigenvalue weighted by molar-refractivity contribution is 0.897. The number of nitrogens with one attached hydrogen (secondary N) is 2. The molecule has 0 fully saturated rings. The van der Waals surface area contributed by atoms with Gasteiger partial charge in [0.05, 0.1) is 6.21 Å². The van der Waals surface area contributed by atoms with Crippen LogP contribution in [0.15, 0.2) is 52.4 Å². The number of aromatic amines is 1. The first kappa shape index (κ1) is 13.0. The number of aryl methyl sites for hydroxylation is 1. The van der Waals surface area contributed by atoms with Gasteiger partial charge in [-0.2, -0.15) is 5.10 Å². The van der Waals surface area contributed by atoms with Gasteiger partial charge in [0.25, 0.3) is 5.56 Å². The molecule has 0 radical (unpaired) electrons. The fourth-order valence-electron chi connectivity index (χ4n) is 1.90. The third-order valence-electron chi connectivity index (χ3n) is 3.02. The third-order valence-corrected chi connectivity index (χ3v) is 3.02. The zero-order valence-corrected chi connectivity index (χ0v) is 11.4. The fraction of sp³-hybridized carbons (Fsp3) is 0.0667. The molecule has 3 rings (SSSR count). The van der Waals surface area contributed by atoms with Crippen LogP contribution in [-0.4, -0.2) is 21.4 Å². The SMILES string of the molecule is Cc1nnc(N/N=C\c2ccc3ccccc3c2)[nH]c1=O. The number of aromatic nitrogens is 3. The predicted molar refractivity (Wildman–Crippen MR) is 82.6 cm³/mol. The van der Waals surface area contributed by atoms with Crippen molar-refractivity contribution in [1.29, 1.82) is 0 Å². The lowest BCUT2D eigenvalue weighted by atomic mass is 10.1. The standard InChI is InChI=1S/C15H13N5O/c1-10-14(21)17-15(20-18-10)19-16-9-11-6-7-12-4-2-3-5-13(12)8-11/h2-9H,1H3,(H2,17,19,20,21)/b16-9-. The number of fused-ring (bicyclic) bond motifs is 1. The third kappa shape index (κ3) is 2.94. The van der Waals surface area contributed by atoms with Gasteiger partial charge in [-0.15, -0.1) is 10.2 Å². The summed E-state index contributed by atoms with van der Waals surface area (Å²) in [7, 11) is 0. The average Bonchev–Trinajstić information content (AvgIpc) is 2.51. The highest BCUT2D eigenvalue weighted by Crippen LogP contribution is 2.14. The maximum absolute atomic E-state index is 11.4. The Morgan fingerprint density at radius 3 is 2.76 bits per heavy atom. The van der Waals surface area contributed by atoms with E-state index in [0.717, 1.165) is 10.9 Å². The van der Waals surface area contributed by atoms with Crippen LogP contribution >= 0.6 is 0 Å². The monoisotopic (exact) mass is 279 g/mol. The van der Waals surface area contributed by atoms with Gasteiger partial charge < -0.3 is 0 Å². The number of anilines is 1. The molecule has 0 amide bonds. The van der Waals surface area contributed by atoms with Crippen LogP contribution < -0.4 is 11.0 Å². The number of rotatable bonds is 3. The van der Waals surface area contributed by atoms with Gasteiger partial charge in [-0.05, 0) is 29.3 Å². The largest absolute Gasteiger partial charge is 0.288 e. The number of hydrogen-bond donors (Lipinski definition) is 2. The molecule has 1 aromatic heterocycles. The highest BCUT2D eigenvalue weighted by atomic mass is 16.1.